The van der Waals surface area contributed by atoms with Gasteiger partial charge < -0.3 is 0 Å². The van der Waals surface area contributed by atoms with Crippen molar-refractivity contribution in [2.45, 2.75) is 64.0 Å². The number of likely N-dealkylation sites (tertiary alicyclic amines) is 1. The second-order valence-corrected chi connectivity index (χ2v) is 5.05. The van der Waals surface area contributed by atoms with E-state index >= 15 is 0 Å². The summed E-state index contributed by atoms with van der Waals surface area (Å²) in [4.78, 5) is 2.76. The van der Waals surface area contributed by atoms with Crippen molar-refractivity contribution in [3.8, 4) is 0 Å². The van der Waals surface area contributed by atoms with E-state index in [9.17, 15) is 0 Å². The third kappa shape index (κ3) is 1.39. The van der Waals surface area contributed by atoms with Crippen LogP contribution in [0.1, 0.15) is 52.4 Å². The van der Waals surface area contributed by atoms with Gasteiger partial charge in [0.2, 0.25) is 0 Å². The largest absolute Gasteiger partial charge is 0.295 e. The fourth-order valence-electron chi connectivity index (χ4n) is 3.02. The highest BCUT2D eigenvalue weighted by Gasteiger charge is 2.37. The molecule has 0 atom stereocenters. The van der Waals surface area contributed by atoms with Crippen LogP contribution in [0.15, 0.2) is 0 Å². The van der Waals surface area contributed by atoms with Gasteiger partial charge in [-0.1, -0.05) is 12.8 Å². The van der Waals surface area contributed by atoms with E-state index < -0.39 is 0 Å². The predicted molar refractivity (Wildman–Crippen MR) is 52.3 cm³/mol. The molecule has 12 heavy (non-hydrogen) atoms. The molecule has 0 aromatic carbocycles. The molecule has 1 heteroatoms. The van der Waals surface area contributed by atoms with Crippen LogP contribution in [0.5, 0.6) is 0 Å². The van der Waals surface area contributed by atoms with Crippen LogP contribution in [-0.2, 0) is 0 Å². The van der Waals surface area contributed by atoms with Crippen LogP contribution in [0.4, 0.5) is 0 Å². The summed E-state index contributed by atoms with van der Waals surface area (Å²) in [5.41, 5.74) is 0.509. The molecule has 1 saturated heterocycles. The van der Waals surface area contributed by atoms with Gasteiger partial charge in [-0.2, -0.15) is 0 Å². The smallest absolute Gasteiger partial charge is 0.0156 e. The standard InChI is InChI=1S/C11H21N/c1-11(2)8-5-9-12(11)10-6-3-4-7-10/h10H,3-9H2,1-2H3. The molecule has 0 spiro atoms. The maximum absolute atomic E-state index is 2.76. The molecule has 0 amide bonds. The van der Waals surface area contributed by atoms with E-state index in [0.29, 0.717) is 5.54 Å². The van der Waals surface area contributed by atoms with Crippen LogP contribution in [0.25, 0.3) is 0 Å². The first-order chi connectivity index (χ1) is 5.70. The SMILES string of the molecule is CC1(C)CCCN1C1CCCC1. The maximum atomic E-state index is 2.76. The molecule has 2 fully saturated rings. The summed E-state index contributed by atoms with van der Waals surface area (Å²) in [6, 6.07) is 0.933. The highest BCUT2D eigenvalue weighted by Crippen LogP contribution is 2.35. The van der Waals surface area contributed by atoms with E-state index in [1.54, 1.807) is 0 Å². The average Bonchev–Trinajstić information content (AvgIpc) is 2.55. The summed E-state index contributed by atoms with van der Waals surface area (Å²) < 4.78 is 0. The zero-order valence-corrected chi connectivity index (χ0v) is 8.47. The quantitative estimate of drug-likeness (QED) is 0.580. The molecule has 0 bridgehead atoms. The molecule has 1 saturated carbocycles. The van der Waals surface area contributed by atoms with Crippen LogP contribution < -0.4 is 0 Å². The molecule has 1 heterocycles. The van der Waals surface area contributed by atoms with Gasteiger partial charge in [-0.25, -0.2) is 0 Å². The highest BCUT2D eigenvalue weighted by atomic mass is 15.2. The van der Waals surface area contributed by atoms with E-state index in [2.05, 4.69) is 18.7 Å². The lowest BCUT2D eigenvalue weighted by Crippen LogP contribution is -2.44. The van der Waals surface area contributed by atoms with Gasteiger partial charge in [0.25, 0.3) is 0 Å². The summed E-state index contributed by atoms with van der Waals surface area (Å²) in [5.74, 6) is 0. The molecule has 0 aromatic heterocycles. The average molecular weight is 167 g/mol. The molecule has 2 rings (SSSR count). The Balaban J connectivity index is 2.02. The molecule has 0 unspecified atom stereocenters. The van der Waals surface area contributed by atoms with E-state index in [0.717, 1.165) is 6.04 Å². The Morgan fingerprint density at radius 2 is 1.75 bits per heavy atom. The van der Waals surface area contributed by atoms with Gasteiger partial charge >= 0.3 is 0 Å². The fourth-order valence-corrected chi connectivity index (χ4v) is 3.02. The van der Waals surface area contributed by atoms with Gasteiger partial charge in [0.1, 0.15) is 0 Å². The van der Waals surface area contributed by atoms with Crippen molar-refractivity contribution in [1.29, 1.82) is 0 Å². The molecule has 1 aliphatic heterocycles. The second-order valence-electron chi connectivity index (χ2n) is 5.05. The zero-order chi connectivity index (χ0) is 8.60. The maximum Gasteiger partial charge on any atom is 0.0156 e. The normalized spacial score (nSPS) is 31.5. The molecule has 2 aliphatic rings. The third-order valence-electron chi connectivity index (χ3n) is 3.73. The lowest BCUT2D eigenvalue weighted by Gasteiger charge is -2.36. The fraction of sp³-hybridized carbons (Fsp3) is 1.00. The van der Waals surface area contributed by atoms with Gasteiger partial charge in [-0.15, -0.1) is 0 Å². The lowest BCUT2D eigenvalue weighted by atomic mass is 10.00. The summed E-state index contributed by atoms with van der Waals surface area (Å²) >= 11 is 0. The Morgan fingerprint density at radius 1 is 1.08 bits per heavy atom. The van der Waals surface area contributed by atoms with Gasteiger partial charge in [-0.3, -0.25) is 4.90 Å². The van der Waals surface area contributed by atoms with Gasteiger partial charge in [0.05, 0.1) is 0 Å². The molecular formula is C11H21N. The van der Waals surface area contributed by atoms with Crippen molar-refractivity contribution < 1.29 is 0 Å². The number of rotatable bonds is 1. The second kappa shape index (κ2) is 3.02. The third-order valence-corrected chi connectivity index (χ3v) is 3.73. The Kier molecular flexibility index (Phi) is 2.16. The minimum Gasteiger partial charge on any atom is -0.295 e. The van der Waals surface area contributed by atoms with Crippen molar-refractivity contribution >= 4 is 0 Å². The molecule has 70 valence electrons. The highest BCUT2D eigenvalue weighted by molar-refractivity contribution is 4.93. The number of nitrogens with zero attached hydrogens (tertiary/aromatic N) is 1. The first kappa shape index (κ1) is 8.55. The van der Waals surface area contributed by atoms with Crippen molar-refractivity contribution in [2.75, 3.05) is 6.54 Å². The van der Waals surface area contributed by atoms with Gasteiger partial charge in [0.15, 0.2) is 0 Å². The van der Waals surface area contributed by atoms with E-state index in [4.69, 9.17) is 0 Å². The molecule has 1 nitrogen and oxygen atoms in total. The first-order valence-electron chi connectivity index (χ1n) is 5.47. The van der Waals surface area contributed by atoms with Crippen molar-refractivity contribution in [2.24, 2.45) is 0 Å². The van der Waals surface area contributed by atoms with E-state index in [1.807, 2.05) is 0 Å². The van der Waals surface area contributed by atoms with E-state index in [1.165, 1.54) is 45.1 Å². The molecule has 0 radical (unpaired) electrons. The lowest BCUT2D eigenvalue weighted by molar-refractivity contribution is 0.118. The molecule has 0 aromatic rings. The van der Waals surface area contributed by atoms with Crippen molar-refractivity contribution in [3.05, 3.63) is 0 Å². The molecule has 1 aliphatic carbocycles. The van der Waals surface area contributed by atoms with Crippen molar-refractivity contribution in [1.82, 2.24) is 4.90 Å². The van der Waals surface area contributed by atoms with Crippen molar-refractivity contribution in [3.63, 3.8) is 0 Å². The summed E-state index contributed by atoms with van der Waals surface area (Å²) in [6.45, 7) is 6.19. The predicted octanol–water partition coefficient (Wildman–Crippen LogP) is 2.80. The summed E-state index contributed by atoms with van der Waals surface area (Å²) in [5, 5.41) is 0. The molecular weight excluding hydrogens is 146 g/mol. The van der Waals surface area contributed by atoms with Crippen LogP contribution in [0.3, 0.4) is 0 Å². The minimum absolute atomic E-state index is 0.509. The number of hydrogen-bond acceptors (Lipinski definition) is 1. The number of hydrogen-bond donors (Lipinski definition) is 0. The van der Waals surface area contributed by atoms with E-state index in [-0.39, 0.29) is 0 Å². The first-order valence-corrected chi connectivity index (χ1v) is 5.47. The van der Waals surface area contributed by atoms with Crippen LogP contribution >= 0.6 is 0 Å². The van der Waals surface area contributed by atoms with Crippen LogP contribution in [-0.4, -0.2) is 23.0 Å². The zero-order valence-electron chi connectivity index (χ0n) is 8.47. The Bertz CT molecular complexity index is 156. The Labute approximate surface area is 76.1 Å². The Morgan fingerprint density at radius 3 is 2.25 bits per heavy atom. The van der Waals surface area contributed by atoms with Gasteiger partial charge in [0, 0.05) is 11.6 Å². The van der Waals surface area contributed by atoms with Crippen LogP contribution in [0, 0.1) is 0 Å². The van der Waals surface area contributed by atoms with Gasteiger partial charge in [-0.05, 0) is 46.1 Å². The topological polar surface area (TPSA) is 3.24 Å². The van der Waals surface area contributed by atoms with Crippen LogP contribution in [0.2, 0.25) is 0 Å². The summed E-state index contributed by atoms with van der Waals surface area (Å²) in [7, 11) is 0. The summed E-state index contributed by atoms with van der Waals surface area (Å²) in [6.07, 6.45) is 8.69. The minimum atomic E-state index is 0.509. The Hall–Kier alpha value is -0.0400. The molecule has 0 N–H and O–H groups in total. The monoisotopic (exact) mass is 167 g/mol.